The summed E-state index contributed by atoms with van der Waals surface area (Å²) in [6, 6.07) is 3.46. The molecule has 1 aromatic heterocycles. The highest BCUT2D eigenvalue weighted by molar-refractivity contribution is 5.93. The van der Waals surface area contributed by atoms with Crippen LogP contribution in [0.5, 0.6) is 0 Å². The Bertz CT molecular complexity index is 274. The second-order valence-electron chi connectivity index (χ2n) is 2.95. The number of nitrogens with zero attached hydrogens (tertiary/aromatic N) is 1. The van der Waals surface area contributed by atoms with Crippen molar-refractivity contribution in [1.29, 1.82) is 0 Å². The summed E-state index contributed by atoms with van der Waals surface area (Å²) >= 11 is 0. The highest BCUT2D eigenvalue weighted by atomic mass is 16.1. The minimum absolute atomic E-state index is 0.0944. The molecule has 0 fully saturated rings. The van der Waals surface area contributed by atoms with E-state index in [0.717, 1.165) is 12.8 Å². The van der Waals surface area contributed by atoms with Crippen molar-refractivity contribution in [2.75, 3.05) is 13.1 Å². The smallest absolute Gasteiger partial charge is 0.252 e. The van der Waals surface area contributed by atoms with Crippen LogP contribution >= 0.6 is 0 Å². The molecule has 0 spiro atoms. The lowest BCUT2D eigenvalue weighted by Gasteiger charge is -2.03. The number of aromatic nitrogens is 1. The van der Waals surface area contributed by atoms with Gasteiger partial charge in [0.25, 0.3) is 5.91 Å². The van der Waals surface area contributed by atoms with Crippen LogP contribution in [0.1, 0.15) is 23.2 Å². The third-order valence-electron chi connectivity index (χ3n) is 1.81. The van der Waals surface area contributed by atoms with Crippen LogP contribution in [0.15, 0.2) is 24.5 Å². The van der Waals surface area contributed by atoms with Crippen LogP contribution in [0, 0.1) is 0 Å². The largest absolute Gasteiger partial charge is 0.352 e. The summed E-state index contributed by atoms with van der Waals surface area (Å²) in [6.07, 6.45) is 4.86. The summed E-state index contributed by atoms with van der Waals surface area (Å²) in [4.78, 5) is 15.3. The van der Waals surface area contributed by atoms with Gasteiger partial charge in [0.2, 0.25) is 0 Å². The van der Waals surface area contributed by atoms with Crippen LogP contribution in [0.4, 0.5) is 0 Å². The highest BCUT2D eigenvalue weighted by Crippen LogP contribution is 1.95. The first-order valence-electron chi connectivity index (χ1n) is 4.67. The molecule has 1 amide bonds. The molecule has 0 aliphatic rings. The molecule has 4 heteroatoms. The predicted molar refractivity (Wildman–Crippen MR) is 53.8 cm³/mol. The van der Waals surface area contributed by atoms with E-state index in [0.29, 0.717) is 18.7 Å². The van der Waals surface area contributed by atoms with Gasteiger partial charge in [0, 0.05) is 25.5 Å². The second-order valence-corrected chi connectivity index (χ2v) is 2.95. The average molecular weight is 192 g/mol. The SMILES string of the molecule is [NH]CCCCNC(=O)c1cccnc1. The van der Waals surface area contributed by atoms with Crippen molar-refractivity contribution in [3.63, 3.8) is 0 Å². The van der Waals surface area contributed by atoms with Crippen LogP contribution in [0.2, 0.25) is 0 Å². The third-order valence-corrected chi connectivity index (χ3v) is 1.81. The number of nitrogens with one attached hydrogen (secondary N) is 2. The maximum atomic E-state index is 11.4. The molecule has 0 saturated heterocycles. The zero-order valence-corrected chi connectivity index (χ0v) is 7.99. The Morgan fingerprint density at radius 3 is 3.00 bits per heavy atom. The van der Waals surface area contributed by atoms with Gasteiger partial charge in [-0.2, -0.15) is 0 Å². The van der Waals surface area contributed by atoms with Gasteiger partial charge in [-0.05, 0) is 25.0 Å². The lowest BCUT2D eigenvalue weighted by Crippen LogP contribution is -2.24. The number of pyridine rings is 1. The zero-order chi connectivity index (χ0) is 10.2. The minimum atomic E-state index is -0.0944. The van der Waals surface area contributed by atoms with Crippen LogP contribution in [0.25, 0.3) is 0 Å². The van der Waals surface area contributed by atoms with Crippen LogP contribution in [-0.4, -0.2) is 24.0 Å². The number of hydrogen-bond donors (Lipinski definition) is 1. The normalized spacial score (nSPS) is 9.79. The Hall–Kier alpha value is -1.42. The van der Waals surface area contributed by atoms with E-state index in [4.69, 9.17) is 5.73 Å². The zero-order valence-electron chi connectivity index (χ0n) is 7.99. The van der Waals surface area contributed by atoms with Gasteiger partial charge in [-0.3, -0.25) is 15.5 Å². The number of rotatable bonds is 5. The quantitative estimate of drug-likeness (QED) is 0.703. The van der Waals surface area contributed by atoms with Crippen molar-refractivity contribution in [2.24, 2.45) is 0 Å². The summed E-state index contributed by atoms with van der Waals surface area (Å²) < 4.78 is 0. The Labute approximate surface area is 83.5 Å². The van der Waals surface area contributed by atoms with E-state index in [2.05, 4.69) is 10.3 Å². The van der Waals surface area contributed by atoms with E-state index in [1.807, 2.05) is 0 Å². The van der Waals surface area contributed by atoms with Gasteiger partial charge in [-0.25, -0.2) is 0 Å². The fraction of sp³-hybridized carbons (Fsp3) is 0.400. The number of amides is 1. The number of hydrogen-bond acceptors (Lipinski definition) is 2. The summed E-state index contributed by atoms with van der Waals surface area (Å²) in [5.74, 6) is -0.0944. The molecular weight excluding hydrogens is 178 g/mol. The standard InChI is InChI=1S/C10H14N3O/c11-5-1-2-7-13-10(14)9-4-3-6-12-8-9/h3-4,6,8,11H,1-2,5,7H2,(H,13,14). The molecule has 0 bridgehead atoms. The lowest BCUT2D eigenvalue weighted by atomic mass is 10.2. The van der Waals surface area contributed by atoms with Crippen molar-refractivity contribution in [2.45, 2.75) is 12.8 Å². The third kappa shape index (κ3) is 3.53. The van der Waals surface area contributed by atoms with E-state index < -0.39 is 0 Å². The highest BCUT2D eigenvalue weighted by Gasteiger charge is 2.02. The monoisotopic (exact) mass is 192 g/mol. The van der Waals surface area contributed by atoms with E-state index in [9.17, 15) is 4.79 Å². The van der Waals surface area contributed by atoms with Crippen LogP contribution in [-0.2, 0) is 0 Å². The first-order chi connectivity index (χ1) is 6.84. The second kappa shape index (κ2) is 6.10. The Kier molecular flexibility index (Phi) is 4.64. The average Bonchev–Trinajstić information content (AvgIpc) is 2.25. The maximum Gasteiger partial charge on any atom is 0.252 e. The van der Waals surface area contributed by atoms with Gasteiger partial charge in [-0.15, -0.1) is 0 Å². The van der Waals surface area contributed by atoms with E-state index in [1.54, 1.807) is 24.5 Å². The van der Waals surface area contributed by atoms with Gasteiger partial charge in [0.15, 0.2) is 0 Å². The lowest BCUT2D eigenvalue weighted by molar-refractivity contribution is 0.0952. The first kappa shape index (κ1) is 10.7. The molecule has 0 aliphatic heterocycles. The van der Waals surface area contributed by atoms with Crippen LogP contribution in [0.3, 0.4) is 0 Å². The maximum absolute atomic E-state index is 11.4. The molecule has 14 heavy (non-hydrogen) atoms. The molecule has 75 valence electrons. The van der Waals surface area contributed by atoms with Crippen molar-refractivity contribution >= 4 is 5.91 Å². The van der Waals surface area contributed by atoms with E-state index >= 15 is 0 Å². The Morgan fingerprint density at radius 1 is 1.50 bits per heavy atom. The van der Waals surface area contributed by atoms with E-state index in [1.165, 1.54) is 0 Å². The Morgan fingerprint density at radius 2 is 2.36 bits per heavy atom. The molecule has 0 aromatic carbocycles. The summed E-state index contributed by atoms with van der Waals surface area (Å²) in [5, 5.41) is 2.77. The Balaban J connectivity index is 2.29. The van der Waals surface area contributed by atoms with Crippen molar-refractivity contribution in [1.82, 2.24) is 16.0 Å². The molecule has 1 radical (unpaired) electrons. The fourth-order valence-electron chi connectivity index (χ4n) is 1.05. The van der Waals surface area contributed by atoms with Crippen molar-refractivity contribution < 1.29 is 4.79 Å². The van der Waals surface area contributed by atoms with Gasteiger partial charge in [0.1, 0.15) is 0 Å². The number of carbonyl (C=O) groups is 1. The fourth-order valence-corrected chi connectivity index (χ4v) is 1.05. The molecule has 0 saturated carbocycles. The number of carbonyl (C=O) groups excluding carboxylic acids is 1. The van der Waals surface area contributed by atoms with Crippen molar-refractivity contribution in [3.8, 4) is 0 Å². The van der Waals surface area contributed by atoms with Crippen LogP contribution < -0.4 is 11.1 Å². The molecule has 0 atom stereocenters. The molecule has 2 N–H and O–H groups in total. The number of unbranched alkanes of at least 4 members (excludes halogenated alkanes) is 1. The summed E-state index contributed by atoms with van der Waals surface area (Å²) in [7, 11) is 0. The minimum Gasteiger partial charge on any atom is -0.352 e. The molecular formula is C10H14N3O. The molecule has 0 unspecified atom stereocenters. The van der Waals surface area contributed by atoms with Gasteiger partial charge >= 0.3 is 0 Å². The molecule has 1 heterocycles. The van der Waals surface area contributed by atoms with Crippen molar-refractivity contribution in [3.05, 3.63) is 30.1 Å². The molecule has 1 aromatic rings. The molecule has 4 nitrogen and oxygen atoms in total. The summed E-state index contributed by atoms with van der Waals surface area (Å²) in [6.45, 7) is 1.05. The topological polar surface area (TPSA) is 65.8 Å². The van der Waals surface area contributed by atoms with E-state index in [-0.39, 0.29) is 5.91 Å². The molecule has 0 aliphatic carbocycles. The first-order valence-corrected chi connectivity index (χ1v) is 4.67. The van der Waals surface area contributed by atoms with Gasteiger partial charge in [0.05, 0.1) is 5.56 Å². The summed E-state index contributed by atoms with van der Waals surface area (Å²) in [5.41, 5.74) is 7.51. The predicted octanol–water partition coefficient (Wildman–Crippen LogP) is 0.874. The van der Waals surface area contributed by atoms with Gasteiger partial charge in [-0.1, -0.05) is 0 Å². The molecule has 1 rings (SSSR count). The van der Waals surface area contributed by atoms with Gasteiger partial charge < -0.3 is 5.32 Å².